The second kappa shape index (κ2) is 8.75. The highest BCUT2D eigenvalue weighted by Crippen LogP contribution is 2.38. The van der Waals surface area contributed by atoms with Gasteiger partial charge in [0.05, 0.1) is 22.2 Å². The zero-order valence-corrected chi connectivity index (χ0v) is 16.6. The molecule has 156 valence electrons. The Morgan fingerprint density at radius 3 is 2.55 bits per heavy atom. The van der Waals surface area contributed by atoms with Gasteiger partial charge in [-0.15, -0.1) is 0 Å². The minimum Gasteiger partial charge on any atom is -0.491 e. The number of carboxylic acids is 1. The van der Waals surface area contributed by atoms with Gasteiger partial charge in [-0.25, -0.2) is 12.8 Å². The molecule has 0 amide bonds. The molecule has 0 bridgehead atoms. The van der Waals surface area contributed by atoms with Crippen LogP contribution in [0.2, 0.25) is 5.02 Å². The van der Waals surface area contributed by atoms with Gasteiger partial charge < -0.3 is 19.3 Å². The van der Waals surface area contributed by atoms with Crippen LogP contribution >= 0.6 is 11.6 Å². The van der Waals surface area contributed by atoms with E-state index in [1.165, 1.54) is 18.2 Å². The summed E-state index contributed by atoms with van der Waals surface area (Å²) in [5.41, 5.74) is 0.0605. The lowest BCUT2D eigenvalue weighted by molar-refractivity contribution is -0.137. The summed E-state index contributed by atoms with van der Waals surface area (Å²) in [6.07, 6.45) is 0.0767. The van der Waals surface area contributed by atoms with Crippen molar-refractivity contribution < 1.29 is 36.9 Å². The van der Waals surface area contributed by atoms with Gasteiger partial charge in [0, 0.05) is 18.6 Å². The van der Waals surface area contributed by atoms with Crippen LogP contribution in [0.3, 0.4) is 0 Å². The van der Waals surface area contributed by atoms with Crippen molar-refractivity contribution in [3.8, 4) is 17.2 Å². The lowest BCUT2D eigenvalue weighted by atomic mass is 10.2. The van der Waals surface area contributed by atoms with E-state index in [1.54, 1.807) is 0 Å². The number of carbonyl (C=O) groups is 1. The van der Waals surface area contributed by atoms with Crippen LogP contribution in [0.25, 0.3) is 0 Å². The molecule has 0 unspecified atom stereocenters. The molecule has 2 aromatic rings. The third kappa shape index (κ3) is 5.21. The van der Waals surface area contributed by atoms with Crippen molar-refractivity contribution in [2.45, 2.75) is 17.7 Å². The number of benzene rings is 2. The second-order valence-electron chi connectivity index (χ2n) is 6.02. The molecule has 0 atom stereocenters. The summed E-state index contributed by atoms with van der Waals surface area (Å²) in [4.78, 5) is 10.1. The fourth-order valence-corrected chi connectivity index (χ4v) is 3.86. The first-order valence-corrected chi connectivity index (χ1v) is 10.4. The van der Waals surface area contributed by atoms with Crippen LogP contribution in [0.4, 0.5) is 10.1 Å². The molecule has 0 aromatic heterocycles. The minimum atomic E-state index is -4.14. The van der Waals surface area contributed by atoms with Crippen LogP contribution in [-0.2, 0) is 14.8 Å². The van der Waals surface area contributed by atoms with Crippen molar-refractivity contribution >= 4 is 33.3 Å². The molecule has 1 heterocycles. The second-order valence-corrected chi connectivity index (χ2v) is 8.11. The van der Waals surface area contributed by atoms with Crippen LogP contribution in [-0.4, -0.2) is 39.3 Å². The first-order chi connectivity index (χ1) is 13.8. The highest BCUT2D eigenvalue weighted by Gasteiger charge is 2.21. The Kier molecular flexibility index (Phi) is 6.33. The SMILES string of the molecule is O=C(O)CCCOc1ccc(S(=O)(=O)Nc2cc3c(cc2Cl)OCCO3)cc1F. The molecule has 1 aliphatic rings. The molecule has 3 rings (SSSR count). The van der Waals surface area contributed by atoms with Gasteiger partial charge in [0.2, 0.25) is 0 Å². The van der Waals surface area contributed by atoms with E-state index in [0.717, 1.165) is 12.1 Å². The highest BCUT2D eigenvalue weighted by atomic mass is 35.5. The monoisotopic (exact) mass is 445 g/mol. The summed E-state index contributed by atoms with van der Waals surface area (Å²) in [6, 6.07) is 5.97. The number of hydrogen-bond acceptors (Lipinski definition) is 6. The normalized spacial score (nSPS) is 13.0. The van der Waals surface area contributed by atoms with Crippen LogP contribution in [0.15, 0.2) is 35.2 Å². The van der Waals surface area contributed by atoms with Crippen LogP contribution in [0.5, 0.6) is 17.2 Å². The minimum absolute atomic E-state index is 0.0135. The van der Waals surface area contributed by atoms with Gasteiger partial charge >= 0.3 is 5.97 Å². The largest absolute Gasteiger partial charge is 0.491 e. The molecule has 8 nitrogen and oxygen atoms in total. The van der Waals surface area contributed by atoms with Crippen LogP contribution in [0, 0.1) is 5.82 Å². The lowest BCUT2D eigenvalue weighted by Crippen LogP contribution is -2.17. The predicted molar refractivity (Wildman–Crippen MR) is 102 cm³/mol. The van der Waals surface area contributed by atoms with Crippen LogP contribution in [0.1, 0.15) is 12.8 Å². The van der Waals surface area contributed by atoms with Gasteiger partial charge in [-0.2, -0.15) is 0 Å². The molecule has 0 saturated carbocycles. The first-order valence-electron chi connectivity index (χ1n) is 8.52. The van der Waals surface area contributed by atoms with Crippen molar-refractivity contribution in [2.75, 3.05) is 24.5 Å². The molecule has 2 N–H and O–H groups in total. The maximum atomic E-state index is 14.2. The van der Waals surface area contributed by atoms with E-state index in [1.807, 2.05) is 0 Å². The standard InChI is InChI=1S/C18H17ClFNO7S/c19-12-9-16-17(28-7-6-27-16)10-14(12)21-29(24,25)11-3-4-15(13(20)8-11)26-5-1-2-18(22)23/h3-4,8-10,21H,1-2,5-7H2,(H,22,23). The number of halogens is 2. The molecule has 11 heteroatoms. The summed E-state index contributed by atoms with van der Waals surface area (Å²) in [5, 5.41) is 8.66. The fourth-order valence-electron chi connectivity index (χ4n) is 2.52. The Bertz CT molecular complexity index is 1030. The molecule has 0 aliphatic carbocycles. The Labute approximate surface area is 171 Å². The van der Waals surface area contributed by atoms with Gasteiger partial charge in [-0.05, 0) is 24.6 Å². The van der Waals surface area contributed by atoms with Crippen molar-refractivity contribution in [1.29, 1.82) is 0 Å². The topological polar surface area (TPSA) is 111 Å². The quantitative estimate of drug-likeness (QED) is 0.599. The van der Waals surface area contributed by atoms with E-state index in [9.17, 15) is 17.6 Å². The predicted octanol–water partition coefficient (Wildman–Crippen LogP) is 3.29. The van der Waals surface area contributed by atoms with E-state index >= 15 is 0 Å². The molecule has 0 spiro atoms. The summed E-state index contributed by atoms with van der Waals surface area (Å²) in [5.74, 6) is -1.31. The van der Waals surface area contributed by atoms with Gasteiger partial charge in [0.15, 0.2) is 23.1 Å². The number of ether oxygens (including phenoxy) is 3. The summed E-state index contributed by atoms with van der Waals surface area (Å²) >= 11 is 6.11. The molecule has 0 radical (unpaired) electrons. The van der Waals surface area contributed by atoms with Crippen molar-refractivity contribution in [3.05, 3.63) is 41.2 Å². The summed E-state index contributed by atoms with van der Waals surface area (Å²) < 4.78 is 57.6. The summed E-state index contributed by atoms with van der Waals surface area (Å²) in [6.45, 7) is 0.665. The van der Waals surface area contributed by atoms with Gasteiger partial charge in [0.1, 0.15) is 13.2 Å². The van der Waals surface area contributed by atoms with Crippen molar-refractivity contribution in [1.82, 2.24) is 0 Å². The van der Waals surface area contributed by atoms with E-state index in [4.69, 9.17) is 30.9 Å². The molecular formula is C18H17ClFNO7S. The van der Waals surface area contributed by atoms with E-state index in [0.29, 0.717) is 24.7 Å². The smallest absolute Gasteiger partial charge is 0.303 e. The number of anilines is 1. The number of fused-ring (bicyclic) bond motifs is 1. The zero-order chi connectivity index (χ0) is 21.0. The Hall–Kier alpha value is -2.72. The third-order valence-electron chi connectivity index (χ3n) is 3.88. The average Bonchev–Trinajstić information content (AvgIpc) is 2.66. The molecule has 0 fully saturated rings. The number of hydrogen-bond donors (Lipinski definition) is 2. The van der Waals surface area contributed by atoms with Crippen LogP contribution < -0.4 is 18.9 Å². The molecule has 0 saturated heterocycles. The van der Waals surface area contributed by atoms with E-state index < -0.39 is 21.8 Å². The van der Waals surface area contributed by atoms with E-state index in [-0.39, 0.29) is 40.8 Å². The highest BCUT2D eigenvalue weighted by molar-refractivity contribution is 7.92. The van der Waals surface area contributed by atoms with Crippen molar-refractivity contribution in [3.63, 3.8) is 0 Å². The van der Waals surface area contributed by atoms with Gasteiger partial charge in [-0.3, -0.25) is 9.52 Å². The molecule has 29 heavy (non-hydrogen) atoms. The lowest BCUT2D eigenvalue weighted by Gasteiger charge is -2.20. The number of nitrogens with one attached hydrogen (secondary N) is 1. The number of rotatable bonds is 8. The van der Waals surface area contributed by atoms with Crippen molar-refractivity contribution in [2.24, 2.45) is 0 Å². The Morgan fingerprint density at radius 2 is 1.90 bits per heavy atom. The number of carboxylic acid groups (broad SMARTS) is 1. The van der Waals surface area contributed by atoms with Gasteiger partial charge in [-0.1, -0.05) is 11.6 Å². The Balaban J connectivity index is 1.74. The fraction of sp³-hybridized carbons (Fsp3) is 0.278. The molecule has 1 aliphatic heterocycles. The van der Waals surface area contributed by atoms with E-state index in [2.05, 4.69) is 4.72 Å². The zero-order valence-electron chi connectivity index (χ0n) is 15.0. The maximum absolute atomic E-state index is 14.2. The first kappa shape index (κ1) is 21.0. The number of sulfonamides is 1. The Morgan fingerprint density at radius 1 is 1.21 bits per heavy atom. The third-order valence-corrected chi connectivity index (χ3v) is 5.56. The maximum Gasteiger partial charge on any atom is 0.303 e. The molecule has 2 aromatic carbocycles. The van der Waals surface area contributed by atoms with Gasteiger partial charge in [0.25, 0.3) is 10.0 Å². The summed E-state index contributed by atoms with van der Waals surface area (Å²) in [7, 11) is -4.14. The molecular weight excluding hydrogens is 429 g/mol. The number of aliphatic carboxylic acids is 1. The average molecular weight is 446 g/mol.